The Bertz CT molecular complexity index is 433. The predicted octanol–water partition coefficient (Wildman–Crippen LogP) is 0.969. The average molecular weight is 248 g/mol. The summed E-state index contributed by atoms with van der Waals surface area (Å²) in [5.74, 6) is -0.372. The van der Waals surface area contributed by atoms with Crippen molar-refractivity contribution in [1.82, 2.24) is 10.4 Å². The van der Waals surface area contributed by atoms with E-state index in [9.17, 15) is 9.59 Å². The molecule has 0 saturated carbocycles. The van der Waals surface area contributed by atoms with E-state index in [-0.39, 0.29) is 11.8 Å². The number of carbonyl (C=O) groups is 2. The minimum absolute atomic E-state index is 0.107. The van der Waals surface area contributed by atoms with Gasteiger partial charge in [0, 0.05) is 12.1 Å². The Labute approximate surface area is 106 Å². The highest BCUT2D eigenvalue weighted by molar-refractivity contribution is 5.97. The van der Waals surface area contributed by atoms with Gasteiger partial charge in [-0.1, -0.05) is 18.2 Å². The van der Waals surface area contributed by atoms with Gasteiger partial charge in [0.1, 0.15) is 6.04 Å². The number of hydrogen-bond donors (Lipinski definition) is 1. The van der Waals surface area contributed by atoms with Crippen LogP contribution in [-0.2, 0) is 9.63 Å². The summed E-state index contributed by atoms with van der Waals surface area (Å²) >= 11 is 0. The lowest BCUT2D eigenvalue weighted by atomic mass is 10.1. The second-order valence-electron chi connectivity index (χ2n) is 4.19. The topological polar surface area (TPSA) is 58.6 Å². The number of hydroxylamine groups is 1. The van der Waals surface area contributed by atoms with Gasteiger partial charge in [0.15, 0.2) is 0 Å². The SMILES string of the molecule is CONC(=O)[C@@H]1CCCN1C(=O)c1ccccc1. The van der Waals surface area contributed by atoms with Crippen molar-refractivity contribution >= 4 is 11.8 Å². The predicted molar refractivity (Wildman–Crippen MR) is 65.7 cm³/mol. The van der Waals surface area contributed by atoms with Crippen molar-refractivity contribution in [2.75, 3.05) is 13.7 Å². The monoisotopic (exact) mass is 248 g/mol. The Morgan fingerprint density at radius 3 is 2.72 bits per heavy atom. The minimum atomic E-state index is -0.433. The lowest BCUT2D eigenvalue weighted by molar-refractivity contribution is -0.135. The molecule has 0 spiro atoms. The molecule has 5 nitrogen and oxygen atoms in total. The van der Waals surface area contributed by atoms with Crippen molar-refractivity contribution < 1.29 is 14.4 Å². The summed E-state index contributed by atoms with van der Waals surface area (Å²) in [6.45, 7) is 0.607. The maximum absolute atomic E-state index is 12.3. The highest BCUT2D eigenvalue weighted by Gasteiger charge is 2.34. The molecule has 5 heteroatoms. The molecule has 1 aromatic carbocycles. The van der Waals surface area contributed by atoms with Gasteiger partial charge in [-0.2, -0.15) is 0 Å². The van der Waals surface area contributed by atoms with Crippen molar-refractivity contribution in [2.45, 2.75) is 18.9 Å². The summed E-state index contributed by atoms with van der Waals surface area (Å²) in [6.07, 6.45) is 1.51. The Hall–Kier alpha value is -1.88. The van der Waals surface area contributed by atoms with Crippen LogP contribution in [0, 0.1) is 0 Å². The molecular formula is C13H16N2O3. The molecule has 2 rings (SSSR count). The molecular weight excluding hydrogens is 232 g/mol. The van der Waals surface area contributed by atoms with Crippen LogP contribution in [0.1, 0.15) is 23.2 Å². The van der Waals surface area contributed by atoms with E-state index in [0.717, 1.165) is 6.42 Å². The van der Waals surface area contributed by atoms with Crippen LogP contribution in [0.4, 0.5) is 0 Å². The first-order valence-electron chi connectivity index (χ1n) is 5.93. The molecule has 2 amide bonds. The molecule has 18 heavy (non-hydrogen) atoms. The average Bonchev–Trinajstić information content (AvgIpc) is 2.88. The minimum Gasteiger partial charge on any atom is -0.327 e. The normalized spacial score (nSPS) is 18.7. The molecule has 0 radical (unpaired) electrons. The second kappa shape index (κ2) is 5.64. The highest BCUT2D eigenvalue weighted by Crippen LogP contribution is 2.20. The molecule has 1 atom stereocenters. The molecule has 0 aromatic heterocycles. The van der Waals surface area contributed by atoms with Crippen LogP contribution in [0.2, 0.25) is 0 Å². The zero-order chi connectivity index (χ0) is 13.0. The third-order valence-electron chi connectivity index (χ3n) is 3.04. The number of amides is 2. The van der Waals surface area contributed by atoms with E-state index in [1.165, 1.54) is 7.11 Å². The summed E-state index contributed by atoms with van der Waals surface area (Å²) in [5.41, 5.74) is 2.90. The molecule has 1 heterocycles. The van der Waals surface area contributed by atoms with Crippen LogP contribution >= 0.6 is 0 Å². The van der Waals surface area contributed by atoms with Gasteiger partial charge in [0.2, 0.25) is 0 Å². The standard InChI is InChI=1S/C13H16N2O3/c1-18-14-12(16)11-8-5-9-15(11)13(17)10-6-3-2-4-7-10/h2-4,6-7,11H,5,8-9H2,1H3,(H,14,16)/t11-/m0/s1. The van der Waals surface area contributed by atoms with Crippen LogP contribution in [0.5, 0.6) is 0 Å². The quantitative estimate of drug-likeness (QED) is 0.811. The number of hydrogen-bond acceptors (Lipinski definition) is 3. The van der Waals surface area contributed by atoms with Gasteiger partial charge in [-0.25, -0.2) is 5.48 Å². The molecule has 0 bridgehead atoms. The summed E-state index contributed by atoms with van der Waals surface area (Å²) in [5, 5.41) is 0. The van der Waals surface area contributed by atoms with E-state index in [1.54, 1.807) is 17.0 Å². The fourth-order valence-corrected chi connectivity index (χ4v) is 2.20. The number of likely N-dealkylation sites (tertiary alicyclic amines) is 1. The zero-order valence-electron chi connectivity index (χ0n) is 10.3. The summed E-state index contributed by atoms with van der Waals surface area (Å²) in [4.78, 5) is 30.2. The molecule has 1 aromatic rings. The van der Waals surface area contributed by atoms with Crippen LogP contribution in [-0.4, -0.2) is 36.4 Å². The molecule has 0 aliphatic carbocycles. The maximum atomic E-state index is 12.3. The zero-order valence-corrected chi connectivity index (χ0v) is 10.3. The van der Waals surface area contributed by atoms with Gasteiger partial charge in [-0.05, 0) is 25.0 Å². The van der Waals surface area contributed by atoms with Crippen LogP contribution in [0.25, 0.3) is 0 Å². The summed E-state index contributed by atoms with van der Waals surface area (Å²) < 4.78 is 0. The summed E-state index contributed by atoms with van der Waals surface area (Å²) in [7, 11) is 1.39. The van der Waals surface area contributed by atoms with Gasteiger partial charge in [-0.15, -0.1) is 0 Å². The van der Waals surface area contributed by atoms with E-state index in [1.807, 2.05) is 18.2 Å². The Kier molecular flexibility index (Phi) is 3.94. The maximum Gasteiger partial charge on any atom is 0.266 e. The fraction of sp³-hybridized carbons (Fsp3) is 0.385. The first-order valence-corrected chi connectivity index (χ1v) is 5.93. The molecule has 1 aliphatic rings. The lowest BCUT2D eigenvalue weighted by Crippen LogP contribution is -2.45. The van der Waals surface area contributed by atoms with Gasteiger partial charge >= 0.3 is 0 Å². The molecule has 1 fully saturated rings. The largest absolute Gasteiger partial charge is 0.327 e. The van der Waals surface area contributed by atoms with E-state index < -0.39 is 6.04 Å². The van der Waals surface area contributed by atoms with E-state index >= 15 is 0 Å². The second-order valence-corrected chi connectivity index (χ2v) is 4.19. The first kappa shape index (κ1) is 12.6. The lowest BCUT2D eigenvalue weighted by Gasteiger charge is -2.23. The Balaban J connectivity index is 2.12. The molecule has 96 valence electrons. The third kappa shape index (κ3) is 2.51. The highest BCUT2D eigenvalue weighted by atomic mass is 16.6. The number of carbonyl (C=O) groups excluding carboxylic acids is 2. The fourth-order valence-electron chi connectivity index (χ4n) is 2.20. The van der Waals surface area contributed by atoms with E-state index in [0.29, 0.717) is 18.5 Å². The third-order valence-corrected chi connectivity index (χ3v) is 3.04. The Morgan fingerprint density at radius 1 is 1.33 bits per heavy atom. The molecule has 1 saturated heterocycles. The van der Waals surface area contributed by atoms with E-state index in [2.05, 4.69) is 10.3 Å². The van der Waals surface area contributed by atoms with Gasteiger partial charge in [-0.3, -0.25) is 14.4 Å². The molecule has 1 aliphatic heterocycles. The Morgan fingerprint density at radius 2 is 2.06 bits per heavy atom. The molecule has 1 N–H and O–H groups in total. The van der Waals surface area contributed by atoms with Crippen LogP contribution in [0.15, 0.2) is 30.3 Å². The van der Waals surface area contributed by atoms with Crippen LogP contribution < -0.4 is 5.48 Å². The number of rotatable bonds is 3. The number of nitrogens with one attached hydrogen (secondary N) is 1. The number of benzene rings is 1. The number of nitrogens with zero attached hydrogens (tertiary/aromatic N) is 1. The van der Waals surface area contributed by atoms with Crippen molar-refractivity contribution in [1.29, 1.82) is 0 Å². The van der Waals surface area contributed by atoms with Gasteiger partial charge in [0.05, 0.1) is 7.11 Å². The summed E-state index contributed by atoms with van der Waals surface area (Å²) in [6, 6.07) is 8.56. The molecule has 0 unspecified atom stereocenters. The van der Waals surface area contributed by atoms with Crippen molar-refractivity contribution in [2.24, 2.45) is 0 Å². The first-order chi connectivity index (χ1) is 8.74. The van der Waals surface area contributed by atoms with E-state index in [4.69, 9.17) is 0 Å². The van der Waals surface area contributed by atoms with Crippen LogP contribution in [0.3, 0.4) is 0 Å². The van der Waals surface area contributed by atoms with Crippen molar-refractivity contribution in [3.05, 3.63) is 35.9 Å². The van der Waals surface area contributed by atoms with Crippen molar-refractivity contribution in [3.63, 3.8) is 0 Å². The van der Waals surface area contributed by atoms with Crippen molar-refractivity contribution in [3.8, 4) is 0 Å². The van der Waals surface area contributed by atoms with Gasteiger partial charge < -0.3 is 4.90 Å². The van der Waals surface area contributed by atoms with Gasteiger partial charge in [0.25, 0.3) is 11.8 Å². The smallest absolute Gasteiger partial charge is 0.266 e.